The van der Waals surface area contributed by atoms with Gasteiger partial charge >= 0.3 is 11.9 Å². The molecule has 5 aliphatic rings. The Bertz CT molecular complexity index is 1320. The fourth-order valence-corrected chi connectivity index (χ4v) is 6.93. The largest absolute Gasteiger partial charge is 0.358 e. The number of nitrogens with two attached hydrogens (primary N) is 2. The number of guanidine groups is 2. The van der Waals surface area contributed by atoms with Crippen molar-refractivity contribution in [2.24, 2.45) is 11.5 Å². The maximum absolute atomic E-state index is 13.5. The molecule has 0 bridgehead atoms. The molecule has 202 valence electrons. The van der Waals surface area contributed by atoms with Gasteiger partial charge in [0.25, 0.3) is 17.4 Å². The summed E-state index contributed by atoms with van der Waals surface area (Å²) in [6, 6.07) is 2.95. The van der Waals surface area contributed by atoms with Gasteiger partial charge in [-0.15, -0.1) is 0 Å². The number of rotatable bonds is 4. The molecule has 1 aromatic carbocycles. The van der Waals surface area contributed by atoms with E-state index >= 15 is 0 Å². The van der Waals surface area contributed by atoms with Crippen LogP contribution < -0.4 is 32.4 Å². The summed E-state index contributed by atoms with van der Waals surface area (Å²) in [5.74, 6) is -3.40. The Hall–Kier alpha value is -3.71. The molecule has 1 spiro atoms. The predicted molar refractivity (Wildman–Crippen MR) is 133 cm³/mol. The zero-order valence-electron chi connectivity index (χ0n) is 21.4. The van der Waals surface area contributed by atoms with E-state index in [0.29, 0.717) is 5.56 Å². The van der Waals surface area contributed by atoms with Crippen molar-refractivity contribution >= 4 is 29.6 Å². The van der Waals surface area contributed by atoms with E-state index in [2.05, 4.69) is 34.8 Å². The Morgan fingerprint density at radius 1 is 1.21 bits per heavy atom. The molecule has 0 radical (unpaired) electrons. The molecule has 2 unspecified atom stereocenters. The van der Waals surface area contributed by atoms with Gasteiger partial charge in [0.2, 0.25) is 11.8 Å². The monoisotopic (exact) mass is 526 g/mol. The molecule has 4 atom stereocenters. The van der Waals surface area contributed by atoms with Crippen molar-refractivity contribution in [1.82, 2.24) is 20.9 Å². The van der Waals surface area contributed by atoms with E-state index in [1.807, 2.05) is 12.1 Å². The molecule has 2 saturated heterocycles. The Labute approximate surface area is 218 Å². The minimum atomic E-state index is -2.55. The highest BCUT2D eigenvalue weighted by atomic mass is 16.5. The van der Waals surface area contributed by atoms with Crippen LogP contribution in [0, 0.1) is 0 Å². The van der Waals surface area contributed by atoms with E-state index in [4.69, 9.17) is 11.5 Å². The second-order valence-corrected chi connectivity index (χ2v) is 11.5. The number of benzene rings is 1. The summed E-state index contributed by atoms with van der Waals surface area (Å²) < 4.78 is 1.53. The van der Waals surface area contributed by atoms with Crippen LogP contribution in [-0.4, -0.2) is 92.0 Å². The van der Waals surface area contributed by atoms with E-state index < -0.39 is 35.5 Å². The van der Waals surface area contributed by atoms with E-state index in [9.17, 15) is 24.6 Å². The molecule has 0 aromatic heterocycles. The number of hydrogen-bond acceptors (Lipinski definition) is 9. The lowest BCUT2D eigenvalue weighted by Crippen LogP contribution is -2.92. The van der Waals surface area contributed by atoms with Crippen molar-refractivity contribution in [1.29, 1.82) is 0 Å². The third-order valence-electron chi connectivity index (χ3n) is 8.94. The van der Waals surface area contributed by atoms with Gasteiger partial charge in [0.05, 0.1) is 13.1 Å². The zero-order chi connectivity index (χ0) is 27.2. The van der Waals surface area contributed by atoms with Crippen LogP contribution in [-0.2, 0) is 21.4 Å². The number of imide groups is 1. The molecule has 4 aliphatic heterocycles. The lowest BCUT2D eigenvalue weighted by molar-refractivity contribution is -0.674. The first-order chi connectivity index (χ1) is 17.9. The van der Waals surface area contributed by atoms with Crippen molar-refractivity contribution in [3.05, 3.63) is 34.9 Å². The number of hydrogen-bond donors (Lipinski definition) is 8. The van der Waals surface area contributed by atoms with Crippen molar-refractivity contribution in [2.75, 3.05) is 13.1 Å². The van der Waals surface area contributed by atoms with Crippen LogP contribution in [0.4, 0.5) is 0 Å². The van der Waals surface area contributed by atoms with Crippen molar-refractivity contribution in [3.8, 4) is 0 Å². The highest BCUT2D eigenvalue weighted by molar-refractivity contribution is 6.02. The molecular formula is C25H34N8O5+2. The van der Waals surface area contributed by atoms with Gasteiger partial charge in [0.15, 0.2) is 6.04 Å². The summed E-state index contributed by atoms with van der Waals surface area (Å²) in [6.45, 7) is 4.21. The molecular weight excluding hydrogens is 492 g/mol. The number of fused-ring (bicyclic) bond motifs is 1. The minimum absolute atomic E-state index is 0.0369. The molecule has 13 heteroatoms. The number of nitrogens with one attached hydrogen (secondary N) is 4. The first-order valence-corrected chi connectivity index (χ1v) is 12.9. The second-order valence-electron chi connectivity index (χ2n) is 11.5. The Balaban J connectivity index is 1.32. The summed E-state index contributed by atoms with van der Waals surface area (Å²) in [5, 5.41) is 32.2. The molecule has 6 rings (SSSR count). The Morgan fingerprint density at radius 2 is 1.92 bits per heavy atom. The normalized spacial score (nSPS) is 32.4. The van der Waals surface area contributed by atoms with Crippen LogP contribution >= 0.6 is 0 Å². The number of carbonyl (C=O) groups is 3. The Kier molecular flexibility index (Phi) is 5.12. The average molecular weight is 527 g/mol. The fourth-order valence-electron chi connectivity index (χ4n) is 6.93. The van der Waals surface area contributed by atoms with Crippen LogP contribution in [0.1, 0.15) is 54.6 Å². The number of aliphatic hydroxyl groups is 2. The number of nitrogens with zero attached hydrogens (tertiary/aromatic N) is 2. The van der Waals surface area contributed by atoms with Gasteiger partial charge in [-0.2, -0.15) is 0 Å². The minimum Gasteiger partial charge on any atom is -0.358 e. The highest BCUT2D eigenvalue weighted by Crippen LogP contribution is 2.41. The maximum Gasteiger partial charge on any atom is 0.347 e. The van der Waals surface area contributed by atoms with Gasteiger partial charge in [-0.25, -0.2) is 9.89 Å². The number of carbonyl (C=O) groups excluding carboxylic acids is 3. The van der Waals surface area contributed by atoms with Crippen molar-refractivity contribution < 1.29 is 34.2 Å². The van der Waals surface area contributed by atoms with Gasteiger partial charge in [-0.05, 0) is 35.4 Å². The summed E-state index contributed by atoms with van der Waals surface area (Å²) in [4.78, 5) is 42.3. The van der Waals surface area contributed by atoms with Gasteiger partial charge in [-0.3, -0.25) is 41.1 Å². The van der Waals surface area contributed by atoms with Crippen LogP contribution in [0.2, 0.25) is 0 Å². The van der Waals surface area contributed by atoms with Crippen LogP contribution in [0.5, 0.6) is 0 Å². The summed E-state index contributed by atoms with van der Waals surface area (Å²) in [7, 11) is 0. The van der Waals surface area contributed by atoms with E-state index in [1.54, 1.807) is 6.07 Å². The standard InChI is InChI=1S/C25H32N8O5/c1-23(2)9-8-12-13(4-3-5-14(12)23)20(36)29-16-11-33-22(27)28-15(10-32-17(34)6-7-18(32)35)19-24(33,25(16,37)38)31-21(26)30-19/h3-5,15-16,19,37-38H,6-11H2,1-2H3,(H6,26,27,28,29,30,31,36)/p+2/t15-,16?,19-,24?/m0/s1. The molecule has 1 aliphatic carbocycles. The lowest BCUT2D eigenvalue weighted by Gasteiger charge is -2.41. The zero-order valence-corrected chi connectivity index (χ0v) is 21.4. The molecule has 10 N–H and O–H groups in total. The second kappa shape index (κ2) is 7.90. The van der Waals surface area contributed by atoms with Crippen LogP contribution in [0.3, 0.4) is 0 Å². The van der Waals surface area contributed by atoms with Crippen LogP contribution in [0.15, 0.2) is 18.2 Å². The molecule has 13 nitrogen and oxygen atoms in total. The van der Waals surface area contributed by atoms with E-state index in [-0.39, 0.29) is 55.1 Å². The lowest BCUT2D eigenvalue weighted by atomic mass is 9.84. The molecule has 3 amide bonds. The number of likely N-dealkylation sites (tertiary alicyclic amines) is 1. The molecule has 1 aromatic rings. The van der Waals surface area contributed by atoms with Crippen LogP contribution in [0.25, 0.3) is 0 Å². The third-order valence-corrected chi connectivity index (χ3v) is 8.94. The summed E-state index contributed by atoms with van der Waals surface area (Å²) in [6.07, 6.45) is 1.94. The quantitative estimate of drug-likeness (QED) is 0.108. The molecule has 0 saturated carbocycles. The molecule has 4 heterocycles. The summed E-state index contributed by atoms with van der Waals surface area (Å²) in [5.41, 5.74) is 13.3. The fraction of sp³-hybridized carbons (Fsp3) is 0.560. The highest BCUT2D eigenvalue weighted by Gasteiger charge is 2.78. The predicted octanol–water partition coefficient (Wildman–Crippen LogP) is -4.79. The SMILES string of the molecule is CC1(C)CCc2c(C(=O)NC3C[N+]4=C(N)N[C@@H](CN5C(=O)CCC5=O)[C@@H]5[NH+]=C(N)NC54C3(O)O)cccc21. The Morgan fingerprint density at radius 3 is 2.63 bits per heavy atom. The van der Waals surface area contributed by atoms with Gasteiger partial charge < -0.3 is 15.5 Å². The van der Waals surface area contributed by atoms with Gasteiger partial charge in [0, 0.05) is 18.4 Å². The first kappa shape index (κ1) is 24.6. The van der Waals surface area contributed by atoms with E-state index in [0.717, 1.165) is 28.9 Å². The first-order valence-electron chi connectivity index (χ1n) is 12.9. The molecule has 2 fully saturated rings. The van der Waals surface area contributed by atoms with Gasteiger partial charge in [-0.1, -0.05) is 26.0 Å². The maximum atomic E-state index is 13.5. The third kappa shape index (κ3) is 3.21. The van der Waals surface area contributed by atoms with Gasteiger partial charge in [0.1, 0.15) is 12.1 Å². The van der Waals surface area contributed by atoms with Crippen molar-refractivity contribution in [3.63, 3.8) is 0 Å². The average Bonchev–Trinajstić information content (AvgIpc) is 3.54. The smallest absolute Gasteiger partial charge is 0.347 e. The molecule has 38 heavy (non-hydrogen) atoms. The summed E-state index contributed by atoms with van der Waals surface area (Å²) >= 11 is 0. The number of amides is 3. The topological polar surface area (TPSA) is 200 Å². The van der Waals surface area contributed by atoms with Crippen molar-refractivity contribution in [2.45, 2.75) is 74.5 Å². The van der Waals surface area contributed by atoms with E-state index in [1.165, 1.54) is 4.58 Å².